The lowest BCUT2D eigenvalue weighted by Crippen LogP contribution is -2.21. The molecule has 0 aliphatic rings. The molecular weight excluding hydrogens is 277 g/mol. The number of rotatable bonds is 5. The number of thioether (sulfide) groups is 1. The Bertz CT molecular complexity index is 409. The van der Waals surface area contributed by atoms with Gasteiger partial charge in [0.1, 0.15) is 0 Å². The Morgan fingerprint density at radius 1 is 1.28 bits per heavy atom. The molecule has 0 heterocycles. The highest BCUT2D eigenvalue weighted by Gasteiger charge is 2.41. The first-order valence-corrected chi connectivity index (χ1v) is 5.47. The third-order valence-corrected chi connectivity index (χ3v) is 2.73. The lowest BCUT2D eigenvalue weighted by atomic mass is 10.3. The zero-order chi connectivity index (χ0) is 13.8. The summed E-state index contributed by atoms with van der Waals surface area (Å²) in [4.78, 5) is 10.6. The topological polar surface area (TPSA) is 29.1 Å². The molecule has 0 aliphatic carbocycles. The molecule has 1 aromatic carbocycles. The van der Waals surface area contributed by atoms with E-state index < -0.39 is 24.3 Å². The molecule has 1 N–H and O–H groups in total. The molecule has 8 heteroatoms. The maximum atomic E-state index is 12.7. The molecular formula is C10H8F5NOS. The highest BCUT2D eigenvalue weighted by Crippen LogP contribution is 2.40. The van der Waals surface area contributed by atoms with Crippen LogP contribution in [0.5, 0.6) is 0 Å². The summed E-state index contributed by atoms with van der Waals surface area (Å²) in [5.74, 6) is -0.881. The van der Waals surface area contributed by atoms with Crippen molar-refractivity contribution in [3.8, 4) is 0 Å². The monoisotopic (exact) mass is 285 g/mol. The van der Waals surface area contributed by atoms with Crippen LogP contribution in [0.4, 0.5) is 27.6 Å². The minimum atomic E-state index is -4.18. The molecule has 0 atom stereocenters. The Kier molecular flexibility index (Phi) is 4.94. The quantitative estimate of drug-likeness (QED) is 0.662. The van der Waals surface area contributed by atoms with Gasteiger partial charge in [-0.1, -0.05) is 0 Å². The van der Waals surface area contributed by atoms with Crippen LogP contribution in [-0.4, -0.2) is 24.3 Å². The van der Waals surface area contributed by atoms with E-state index in [0.717, 1.165) is 12.1 Å². The Morgan fingerprint density at radius 2 is 1.83 bits per heavy atom. The average Bonchev–Trinajstić information content (AvgIpc) is 2.31. The van der Waals surface area contributed by atoms with Crippen LogP contribution in [0.3, 0.4) is 0 Å². The molecule has 1 aromatic rings. The standard InChI is InChI=1S/C10H8F5NOS/c11-5-8(17)16-6-1-3-7(4-2-6)18-10(14,15)9(12)13/h1-4,9H,5H2,(H,16,17). The van der Waals surface area contributed by atoms with Crippen LogP contribution in [0.2, 0.25) is 0 Å². The Labute approximate surface area is 104 Å². The second kappa shape index (κ2) is 6.03. The fourth-order valence-corrected chi connectivity index (χ4v) is 1.68. The van der Waals surface area contributed by atoms with Gasteiger partial charge in [0.05, 0.1) is 0 Å². The third kappa shape index (κ3) is 4.17. The summed E-state index contributed by atoms with van der Waals surface area (Å²) in [7, 11) is 0. The molecule has 0 aromatic heterocycles. The predicted molar refractivity (Wildman–Crippen MR) is 57.9 cm³/mol. The Hall–Kier alpha value is -1.31. The van der Waals surface area contributed by atoms with E-state index >= 15 is 0 Å². The highest BCUT2D eigenvalue weighted by molar-refractivity contribution is 8.00. The van der Waals surface area contributed by atoms with Crippen molar-refractivity contribution in [2.75, 3.05) is 12.0 Å². The van der Waals surface area contributed by atoms with Crippen LogP contribution in [-0.2, 0) is 4.79 Å². The van der Waals surface area contributed by atoms with E-state index in [1.54, 1.807) is 0 Å². The van der Waals surface area contributed by atoms with Crippen molar-refractivity contribution in [1.82, 2.24) is 0 Å². The molecule has 0 saturated heterocycles. The number of anilines is 1. The Balaban J connectivity index is 2.69. The molecule has 1 amide bonds. The molecule has 100 valence electrons. The lowest BCUT2D eigenvalue weighted by Gasteiger charge is -2.14. The first-order valence-electron chi connectivity index (χ1n) is 4.66. The number of nitrogens with one attached hydrogen (secondary N) is 1. The summed E-state index contributed by atoms with van der Waals surface area (Å²) in [6.45, 7) is -1.21. The van der Waals surface area contributed by atoms with E-state index in [2.05, 4.69) is 5.32 Å². The van der Waals surface area contributed by atoms with Crippen molar-refractivity contribution in [1.29, 1.82) is 0 Å². The number of halogens is 5. The van der Waals surface area contributed by atoms with E-state index in [1.807, 2.05) is 0 Å². The second-order valence-electron chi connectivity index (χ2n) is 3.17. The number of amides is 1. The number of hydrogen-bond acceptors (Lipinski definition) is 2. The SMILES string of the molecule is O=C(CF)Nc1ccc(SC(F)(F)C(F)F)cc1. The van der Waals surface area contributed by atoms with E-state index in [0.29, 0.717) is 0 Å². The van der Waals surface area contributed by atoms with Gasteiger partial charge in [0, 0.05) is 10.6 Å². The number of benzene rings is 1. The van der Waals surface area contributed by atoms with Crippen molar-refractivity contribution in [2.24, 2.45) is 0 Å². The summed E-state index contributed by atoms with van der Waals surface area (Å²) in [6, 6.07) is 4.71. The molecule has 0 fully saturated rings. The Morgan fingerprint density at radius 3 is 2.28 bits per heavy atom. The van der Waals surface area contributed by atoms with E-state index in [9.17, 15) is 26.7 Å². The molecule has 18 heavy (non-hydrogen) atoms. The first-order chi connectivity index (χ1) is 8.35. The van der Waals surface area contributed by atoms with Gasteiger partial charge in [-0.15, -0.1) is 0 Å². The number of alkyl halides is 5. The fraction of sp³-hybridized carbons (Fsp3) is 0.300. The van der Waals surface area contributed by atoms with Gasteiger partial charge in [0.15, 0.2) is 6.67 Å². The smallest absolute Gasteiger partial charge is 0.324 e. The van der Waals surface area contributed by atoms with E-state index in [-0.39, 0.29) is 22.3 Å². The van der Waals surface area contributed by atoms with Gasteiger partial charge in [0.2, 0.25) is 0 Å². The maximum absolute atomic E-state index is 12.7. The number of carbonyl (C=O) groups excluding carboxylic acids is 1. The normalized spacial score (nSPS) is 11.7. The molecule has 2 nitrogen and oxygen atoms in total. The van der Waals surface area contributed by atoms with Crippen LogP contribution in [0.15, 0.2) is 29.2 Å². The molecule has 1 rings (SSSR count). The average molecular weight is 285 g/mol. The molecule has 0 spiro atoms. The van der Waals surface area contributed by atoms with Crippen LogP contribution < -0.4 is 5.32 Å². The minimum absolute atomic E-state index is 0.0847. The van der Waals surface area contributed by atoms with Crippen LogP contribution >= 0.6 is 11.8 Å². The molecule has 0 aliphatic heterocycles. The summed E-state index contributed by atoms with van der Waals surface area (Å²) in [6.07, 6.45) is -3.77. The summed E-state index contributed by atoms with van der Waals surface area (Å²) < 4.78 is 61.1. The number of hydrogen-bond donors (Lipinski definition) is 1. The van der Waals surface area contributed by atoms with Gasteiger partial charge in [-0.05, 0) is 36.0 Å². The molecule has 0 unspecified atom stereocenters. The molecule has 0 bridgehead atoms. The minimum Gasteiger partial charge on any atom is -0.324 e. The van der Waals surface area contributed by atoms with Gasteiger partial charge < -0.3 is 5.32 Å². The van der Waals surface area contributed by atoms with E-state index in [4.69, 9.17) is 0 Å². The fourth-order valence-electron chi connectivity index (χ4n) is 1.00. The van der Waals surface area contributed by atoms with Gasteiger partial charge in [-0.25, -0.2) is 13.2 Å². The van der Waals surface area contributed by atoms with Crippen LogP contribution in [0.1, 0.15) is 0 Å². The largest absolute Gasteiger partial charge is 0.357 e. The first kappa shape index (κ1) is 14.7. The van der Waals surface area contributed by atoms with Crippen molar-refractivity contribution in [2.45, 2.75) is 16.6 Å². The van der Waals surface area contributed by atoms with Crippen molar-refractivity contribution >= 4 is 23.4 Å². The van der Waals surface area contributed by atoms with E-state index in [1.165, 1.54) is 12.1 Å². The zero-order valence-electron chi connectivity index (χ0n) is 8.80. The molecule has 0 saturated carbocycles. The lowest BCUT2D eigenvalue weighted by molar-refractivity contribution is -0.117. The number of carbonyl (C=O) groups is 1. The van der Waals surface area contributed by atoms with Crippen molar-refractivity contribution < 1.29 is 26.7 Å². The van der Waals surface area contributed by atoms with Crippen LogP contribution in [0, 0.1) is 0 Å². The summed E-state index contributed by atoms with van der Waals surface area (Å²) in [5, 5.41) is -2.03. The van der Waals surface area contributed by atoms with Gasteiger partial charge in [-0.2, -0.15) is 8.78 Å². The highest BCUT2D eigenvalue weighted by atomic mass is 32.2. The zero-order valence-corrected chi connectivity index (χ0v) is 9.62. The van der Waals surface area contributed by atoms with Gasteiger partial charge in [0.25, 0.3) is 5.91 Å². The summed E-state index contributed by atoms with van der Waals surface area (Å²) in [5.41, 5.74) is 0.197. The second-order valence-corrected chi connectivity index (χ2v) is 4.39. The summed E-state index contributed by atoms with van der Waals surface area (Å²) >= 11 is -0.283. The third-order valence-electron chi connectivity index (χ3n) is 1.77. The van der Waals surface area contributed by atoms with Crippen LogP contribution in [0.25, 0.3) is 0 Å². The van der Waals surface area contributed by atoms with Crippen molar-refractivity contribution in [3.05, 3.63) is 24.3 Å². The van der Waals surface area contributed by atoms with Gasteiger partial charge in [-0.3, -0.25) is 4.79 Å². The van der Waals surface area contributed by atoms with Gasteiger partial charge >= 0.3 is 11.7 Å². The maximum Gasteiger partial charge on any atom is 0.357 e. The van der Waals surface area contributed by atoms with Crippen molar-refractivity contribution in [3.63, 3.8) is 0 Å². The molecule has 0 radical (unpaired) electrons. The predicted octanol–water partition coefficient (Wildman–Crippen LogP) is 3.54.